The molecule has 0 bridgehead atoms. The molecule has 0 aliphatic carbocycles. The molecule has 1 saturated heterocycles. The number of rotatable bonds is 1. The molecule has 0 spiro atoms. The van der Waals surface area contributed by atoms with E-state index in [0.717, 1.165) is 0 Å². The Bertz CT molecular complexity index is 199. The number of hydrogen-bond acceptors (Lipinski definition) is 5. The zero-order chi connectivity index (χ0) is 10.0. The number of aliphatic hydroxyl groups excluding tert-OH is 3. The first kappa shape index (κ1) is 10.2. The van der Waals surface area contributed by atoms with Gasteiger partial charge in [0.1, 0.15) is 18.3 Å². The Labute approximate surface area is 74.1 Å². The van der Waals surface area contributed by atoms with Crippen molar-refractivity contribution in [1.82, 2.24) is 5.32 Å². The highest BCUT2D eigenvalue weighted by Gasteiger charge is 2.37. The van der Waals surface area contributed by atoms with Crippen LogP contribution in [0.2, 0.25) is 0 Å². The number of nitrogens with two attached hydrogens (primary N) is 1. The Morgan fingerprint density at radius 2 is 2.00 bits per heavy atom. The Morgan fingerprint density at radius 3 is 2.54 bits per heavy atom. The predicted octanol–water partition coefficient (Wildman–Crippen LogP) is -2.91. The van der Waals surface area contributed by atoms with E-state index in [1.165, 1.54) is 0 Å². The maximum Gasteiger partial charge on any atom is 0.314 e. The Morgan fingerprint density at radius 1 is 1.38 bits per heavy atom. The molecule has 0 saturated carbocycles. The van der Waals surface area contributed by atoms with E-state index in [1.54, 1.807) is 0 Å². The smallest absolute Gasteiger partial charge is 0.314 e. The lowest BCUT2D eigenvalue weighted by atomic mass is 10.0. The highest BCUT2D eigenvalue weighted by atomic mass is 16.5. The van der Waals surface area contributed by atoms with Crippen molar-refractivity contribution in [2.75, 3.05) is 6.61 Å². The van der Waals surface area contributed by atoms with Gasteiger partial charge >= 0.3 is 6.03 Å². The van der Waals surface area contributed by atoms with Crippen LogP contribution < -0.4 is 11.1 Å². The Balaban J connectivity index is 2.53. The fraction of sp³-hybridized carbons (Fsp3) is 0.833. The maximum absolute atomic E-state index is 10.4. The van der Waals surface area contributed by atoms with Crippen LogP contribution in [0.25, 0.3) is 0 Å². The molecule has 2 amide bonds. The molecule has 7 heteroatoms. The van der Waals surface area contributed by atoms with Gasteiger partial charge in [-0.2, -0.15) is 0 Å². The van der Waals surface area contributed by atoms with Crippen LogP contribution in [0, 0.1) is 0 Å². The van der Waals surface area contributed by atoms with E-state index in [1.807, 2.05) is 0 Å². The van der Waals surface area contributed by atoms with Crippen molar-refractivity contribution >= 4 is 6.03 Å². The molecule has 7 nitrogen and oxygen atoms in total. The molecular formula is C6H12N2O5. The number of carbonyl (C=O) groups excluding carboxylic acids is 1. The molecule has 0 unspecified atom stereocenters. The third-order valence-electron chi connectivity index (χ3n) is 1.79. The van der Waals surface area contributed by atoms with E-state index in [9.17, 15) is 9.90 Å². The molecule has 1 rings (SSSR count). The average Bonchev–Trinajstić information content (AvgIpc) is 2.06. The Hall–Kier alpha value is -0.890. The molecule has 1 heterocycles. The van der Waals surface area contributed by atoms with Crippen molar-refractivity contribution in [2.24, 2.45) is 5.73 Å². The summed E-state index contributed by atoms with van der Waals surface area (Å²) >= 11 is 0. The summed E-state index contributed by atoms with van der Waals surface area (Å²) in [6.07, 6.45) is -4.95. The largest absolute Gasteiger partial charge is 0.388 e. The van der Waals surface area contributed by atoms with Crippen LogP contribution in [0.15, 0.2) is 0 Å². The molecule has 1 aliphatic rings. The topological polar surface area (TPSA) is 125 Å². The predicted molar refractivity (Wildman–Crippen MR) is 40.5 cm³/mol. The molecule has 0 aromatic carbocycles. The lowest BCUT2D eigenvalue weighted by Crippen LogP contribution is -2.59. The van der Waals surface area contributed by atoms with Gasteiger partial charge < -0.3 is 31.1 Å². The van der Waals surface area contributed by atoms with E-state index in [0.29, 0.717) is 0 Å². The molecule has 1 fully saturated rings. The summed E-state index contributed by atoms with van der Waals surface area (Å²) in [5.74, 6) is 0. The molecule has 0 radical (unpaired) electrons. The van der Waals surface area contributed by atoms with Crippen LogP contribution in [0.4, 0.5) is 4.79 Å². The van der Waals surface area contributed by atoms with Crippen LogP contribution in [0.3, 0.4) is 0 Å². The van der Waals surface area contributed by atoms with Gasteiger partial charge in [0.05, 0.1) is 6.61 Å². The summed E-state index contributed by atoms with van der Waals surface area (Å²) in [5, 5.41) is 29.5. The van der Waals surface area contributed by atoms with Gasteiger partial charge in [0.25, 0.3) is 0 Å². The number of aliphatic hydroxyl groups is 3. The van der Waals surface area contributed by atoms with Crippen molar-refractivity contribution in [3.05, 3.63) is 0 Å². The summed E-state index contributed by atoms with van der Waals surface area (Å²) in [6.45, 7) is -0.164. The second-order valence-corrected chi connectivity index (χ2v) is 2.81. The molecule has 4 atom stereocenters. The number of ether oxygens (including phenoxy) is 1. The molecule has 0 aromatic rings. The highest BCUT2D eigenvalue weighted by Crippen LogP contribution is 2.13. The number of nitrogens with one attached hydrogen (secondary N) is 1. The summed E-state index contributed by atoms with van der Waals surface area (Å²) in [7, 11) is 0. The van der Waals surface area contributed by atoms with E-state index in [-0.39, 0.29) is 6.61 Å². The third kappa shape index (κ3) is 2.28. The van der Waals surface area contributed by atoms with Crippen molar-refractivity contribution in [3.63, 3.8) is 0 Å². The van der Waals surface area contributed by atoms with Crippen LogP contribution in [0.5, 0.6) is 0 Å². The van der Waals surface area contributed by atoms with Crippen molar-refractivity contribution in [3.8, 4) is 0 Å². The fourth-order valence-electron chi connectivity index (χ4n) is 1.07. The first-order chi connectivity index (χ1) is 6.02. The standard InChI is InChI=1S/C6H12N2O5/c7-6(12)8-5-4(11)3(10)2(9)1-13-5/h2-5,9-11H,1H2,(H3,7,8,12)/t2-,3+,4-,5-/m1/s1. The molecule has 0 aromatic heterocycles. The van der Waals surface area contributed by atoms with E-state index in [2.05, 4.69) is 5.32 Å². The minimum atomic E-state index is -1.38. The summed E-state index contributed by atoms with van der Waals surface area (Å²) < 4.78 is 4.81. The average molecular weight is 192 g/mol. The minimum Gasteiger partial charge on any atom is -0.388 e. The Kier molecular flexibility index (Phi) is 3.04. The number of hydrogen-bond donors (Lipinski definition) is 5. The molecule has 6 N–H and O–H groups in total. The normalized spacial score (nSPS) is 39.9. The van der Waals surface area contributed by atoms with Crippen LogP contribution in [-0.2, 0) is 4.74 Å². The molecular weight excluding hydrogens is 180 g/mol. The zero-order valence-electron chi connectivity index (χ0n) is 6.75. The van der Waals surface area contributed by atoms with Crippen LogP contribution in [-0.4, -0.2) is 52.5 Å². The van der Waals surface area contributed by atoms with Crippen LogP contribution >= 0.6 is 0 Å². The van der Waals surface area contributed by atoms with Crippen molar-refractivity contribution in [1.29, 1.82) is 0 Å². The molecule has 76 valence electrons. The first-order valence-electron chi connectivity index (χ1n) is 3.74. The SMILES string of the molecule is NC(=O)N[C@@H]1OC[C@@H](O)[C@H](O)[C@H]1O. The lowest BCUT2D eigenvalue weighted by Gasteiger charge is -2.34. The van der Waals surface area contributed by atoms with E-state index < -0.39 is 30.6 Å². The van der Waals surface area contributed by atoms with Gasteiger partial charge in [0.15, 0.2) is 6.23 Å². The van der Waals surface area contributed by atoms with Gasteiger partial charge in [-0.3, -0.25) is 0 Å². The summed E-state index contributed by atoms with van der Waals surface area (Å²) in [4.78, 5) is 10.4. The van der Waals surface area contributed by atoms with Gasteiger partial charge in [-0.1, -0.05) is 0 Å². The van der Waals surface area contributed by atoms with Gasteiger partial charge in [0.2, 0.25) is 0 Å². The van der Waals surface area contributed by atoms with Gasteiger partial charge in [-0.05, 0) is 0 Å². The van der Waals surface area contributed by atoms with Gasteiger partial charge in [-0.25, -0.2) is 4.79 Å². The van der Waals surface area contributed by atoms with E-state index >= 15 is 0 Å². The number of primary amides is 1. The molecule has 13 heavy (non-hydrogen) atoms. The van der Waals surface area contributed by atoms with Crippen molar-refractivity contribution < 1.29 is 24.9 Å². The second-order valence-electron chi connectivity index (χ2n) is 2.81. The fourth-order valence-corrected chi connectivity index (χ4v) is 1.07. The number of urea groups is 1. The number of carbonyl (C=O) groups is 1. The number of amides is 2. The minimum absolute atomic E-state index is 0.164. The van der Waals surface area contributed by atoms with Gasteiger partial charge in [-0.15, -0.1) is 0 Å². The first-order valence-corrected chi connectivity index (χ1v) is 3.74. The summed E-state index contributed by atoms with van der Waals surface area (Å²) in [5.41, 5.74) is 4.78. The lowest BCUT2D eigenvalue weighted by molar-refractivity contribution is -0.191. The van der Waals surface area contributed by atoms with Gasteiger partial charge in [0, 0.05) is 0 Å². The second kappa shape index (κ2) is 3.88. The van der Waals surface area contributed by atoms with E-state index in [4.69, 9.17) is 20.7 Å². The third-order valence-corrected chi connectivity index (χ3v) is 1.79. The zero-order valence-corrected chi connectivity index (χ0v) is 6.75. The summed E-state index contributed by atoms with van der Waals surface area (Å²) in [6, 6.07) is -0.868. The highest BCUT2D eigenvalue weighted by molar-refractivity contribution is 5.71. The maximum atomic E-state index is 10.4. The monoisotopic (exact) mass is 192 g/mol. The van der Waals surface area contributed by atoms with Crippen LogP contribution in [0.1, 0.15) is 0 Å². The molecule has 1 aliphatic heterocycles. The van der Waals surface area contributed by atoms with Crippen molar-refractivity contribution in [2.45, 2.75) is 24.5 Å². The quantitative estimate of drug-likeness (QED) is 0.304.